The molecule has 0 amide bonds. The van der Waals surface area contributed by atoms with Crippen molar-refractivity contribution in [2.45, 2.75) is 18.6 Å². The third kappa shape index (κ3) is 2.16. The smallest absolute Gasteiger partial charge is 0.357 e. The molecule has 0 radical (unpaired) electrons. The van der Waals surface area contributed by atoms with Crippen molar-refractivity contribution in [2.75, 3.05) is 7.11 Å². The molecular weight excluding hydrogens is 194 g/mol. The van der Waals surface area contributed by atoms with E-state index in [1.807, 2.05) is 30.3 Å². The van der Waals surface area contributed by atoms with Crippen molar-refractivity contribution in [1.82, 2.24) is 5.48 Å². The van der Waals surface area contributed by atoms with Gasteiger partial charge in [-0.15, -0.1) is 0 Å². The zero-order chi connectivity index (χ0) is 10.7. The Morgan fingerprint density at radius 1 is 1.47 bits per heavy atom. The van der Waals surface area contributed by atoms with E-state index in [1.54, 1.807) is 0 Å². The Bertz CT molecular complexity index is 346. The van der Waals surface area contributed by atoms with E-state index < -0.39 is 5.72 Å². The molecule has 1 fully saturated rings. The van der Waals surface area contributed by atoms with E-state index in [1.165, 1.54) is 12.7 Å². The largest absolute Gasteiger partial charge is 0.466 e. The molecule has 1 aromatic rings. The lowest BCUT2D eigenvalue weighted by molar-refractivity contribution is -0.147. The summed E-state index contributed by atoms with van der Waals surface area (Å²) in [7, 11) is 1.36. The summed E-state index contributed by atoms with van der Waals surface area (Å²) >= 11 is 0. The van der Waals surface area contributed by atoms with Gasteiger partial charge in [-0.05, 0) is 12.0 Å². The van der Waals surface area contributed by atoms with E-state index >= 15 is 0 Å². The molecule has 0 aliphatic carbocycles. The molecule has 1 aliphatic heterocycles. The molecule has 1 atom stereocenters. The lowest BCUT2D eigenvalue weighted by Gasteiger charge is -2.06. The maximum atomic E-state index is 11.3. The number of hydroxylamine groups is 1. The molecule has 1 heterocycles. The zero-order valence-corrected chi connectivity index (χ0v) is 8.53. The molecule has 80 valence electrons. The fourth-order valence-corrected chi connectivity index (χ4v) is 1.48. The lowest BCUT2D eigenvalue weighted by atomic mass is 10.0. The molecule has 0 saturated carbocycles. The van der Waals surface area contributed by atoms with Crippen LogP contribution in [0.3, 0.4) is 0 Å². The molecule has 4 heteroatoms. The average Bonchev–Trinajstić information content (AvgIpc) is 3.08. The minimum Gasteiger partial charge on any atom is -0.466 e. The first-order valence-electron chi connectivity index (χ1n) is 4.84. The maximum Gasteiger partial charge on any atom is 0.357 e. The minimum atomic E-state index is -0.898. The number of carbonyl (C=O) groups excluding carboxylic acids is 1. The Morgan fingerprint density at radius 2 is 2.13 bits per heavy atom. The number of esters is 1. The molecule has 0 aromatic heterocycles. The molecule has 1 aliphatic rings. The fourth-order valence-electron chi connectivity index (χ4n) is 1.48. The molecule has 1 saturated heterocycles. The molecule has 2 rings (SSSR count). The molecule has 0 bridgehead atoms. The van der Waals surface area contributed by atoms with Crippen molar-refractivity contribution in [3.63, 3.8) is 0 Å². The third-order valence-corrected chi connectivity index (χ3v) is 2.47. The maximum absolute atomic E-state index is 11.3. The Hall–Kier alpha value is -1.39. The Morgan fingerprint density at radius 3 is 2.67 bits per heavy atom. The SMILES string of the molecule is COC(=O)C1(CCc2ccccc2)NO1. The highest BCUT2D eigenvalue weighted by atomic mass is 16.8. The predicted octanol–water partition coefficient (Wildman–Crippen LogP) is 1.02. The van der Waals surface area contributed by atoms with Gasteiger partial charge in [0.25, 0.3) is 5.72 Å². The van der Waals surface area contributed by atoms with Gasteiger partial charge in [0.15, 0.2) is 0 Å². The highest BCUT2D eigenvalue weighted by Gasteiger charge is 2.53. The first kappa shape index (κ1) is 10.1. The summed E-state index contributed by atoms with van der Waals surface area (Å²) in [5.41, 5.74) is 2.87. The van der Waals surface area contributed by atoms with Gasteiger partial charge >= 0.3 is 5.97 Å². The van der Waals surface area contributed by atoms with Crippen LogP contribution in [0.15, 0.2) is 30.3 Å². The second kappa shape index (κ2) is 4.00. The minimum absolute atomic E-state index is 0.363. The Balaban J connectivity index is 1.91. The summed E-state index contributed by atoms with van der Waals surface area (Å²) in [6, 6.07) is 9.95. The van der Waals surface area contributed by atoms with Gasteiger partial charge in [-0.3, -0.25) is 4.84 Å². The highest BCUT2D eigenvalue weighted by Crippen LogP contribution is 2.27. The summed E-state index contributed by atoms with van der Waals surface area (Å²) in [4.78, 5) is 16.3. The van der Waals surface area contributed by atoms with Gasteiger partial charge in [-0.1, -0.05) is 30.3 Å². The number of methoxy groups -OCH3 is 1. The van der Waals surface area contributed by atoms with E-state index in [9.17, 15) is 4.79 Å². The number of aryl methyl sites for hydroxylation is 1. The van der Waals surface area contributed by atoms with Gasteiger partial charge in [-0.25, -0.2) is 4.79 Å². The zero-order valence-electron chi connectivity index (χ0n) is 8.53. The number of benzene rings is 1. The number of rotatable bonds is 4. The highest BCUT2D eigenvalue weighted by molar-refractivity contribution is 5.80. The number of ether oxygens (including phenoxy) is 1. The van der Waals surface area contributed by atoms with E-state index in [0.29, 0.717) is 6.42 Å². The van der Waals surface area contributed by atoms with Crippen LogP contribution < -0.4 is 5.48 Å². The van der Waals surface area contributed by atoms with E-state index in [2.05, 4.69) is 10.2 Å². The van der Waals surface area contributed by atoms with Gasteiger partial charge in [0.1, 0.15) is 0 Å². The monoisotopic (exact) mass is 207 g/mol. The summed E-state index contributed by atoms with van der Waals surface area (Å²) in [6.07, 6.45) is 1.37. The molecule has 1 N–H and O–H groups in total. The number of nitrogens with one attached hydrogen (secondary N) is 1. The Kier molecular flexibility index (Phi) is 2.70. The van der Waals surface area contributed by atoms with Crippen molar-refractivity contribution in [2.24, 2.45) is 0 Å². The van der Waals surface area contributed by atoms with E-state index in [-0.39, 0.29) is 5.97 Å². The van der Waals surface area contributed by atoms with Gasteiger partial charge in [-0.2, -0.15) is 5.48 Å². The van der Waals surface area contributed by atoms with Crippen molar-refractivity contribution < 1.29 is 14.4 Å². The van der Waals surface area contributed by atoms with Crippen LogP contribution in [0.25, 0.3) is 0 Å². The number of hydrogen-bond donors (Lipinski definition) is 1. The second-order valence-electron chi connectivity index (χ2n) is 3.51. The van der Waals surface area contributed by atoms with Crippen molar-refractivity contribution in [3.8, 4) is 0 Å². The quantitative estimate of drug-likeness (QED) is 0.591. The van der Waals surface area contributed by atoms with Crippen molar-refractivity contribution in [3.05, 3.63) is 35.9 Å². The molecule has 1 unspecified atom stereocenters. The normalized spacial score (nSPS) is 23.5. The average molecular weight is 207 g/mol. The molecular formula is C11H13NO3. The Labute approximate surface area is 88.1 Å². The molecule has 15 heavy (non-hydrogen) atoms. The molecule has 0 spiro atoms. The van der Waals surface area contributed by atoms with Crippen LogP contribution in [-0.2, 0) is 20.8 Å². The summed E-state index contributed by atoms with van der Waals surface area (Å²) in [5, 5.41) is 0. The van der Waals surface area contributed by atoms with Crippen LogP contribution in [-0.4, -0.2) is 18.8 Å². The summed E-state index contributed by atoms with van der Waals surface area (Å²) in [6.45, 7) is 0. The van der Waals surface area contributed by atoms with Gasteiger partial charge in [0, 0.05) is 6.42 Å². The van der Waals surface area contributed by atoms with Crippen LogP contribution in [0.5, 0.6) is 0 Å². The van der Waals surface area contributed by atoms with Crippen molar-refractivity contribution >= 4 is 5.97 Å². The van der Waals surface area contributed by atoms with E-state index in [4.69, 9.17) is 4.84 Å². The number of hydrogen-bond acceptors (Lipinski definition) is 4. The topological polar surface area (TPSA) is 60.8 Å². The summed E-state index contributed by atoms with van der Waals surface area (Å²) in [5.74, 6) is -0.363. The van der Waals surface area contributed by atoms with Crippen LogP contribution in [0, 0.1) is 0 Å². The van der Waals surface area contributed by atoms with Gasteiger partial charge in [0.05, 0.1) is 7.11 Å². The van der Waals surface area contributed by atoms with Crippen LogP contribution in [0.4, 0.5) is 0 Å². The van der Waals surface area contributed by atoms with Crippen molar-refractivity contribution in [1.29, 1.82) is 0 Å². The van der Waals surface area contributed by atoms with Crippen LogP contribution >= 0.6 is 0 Å². The van der Waals surface area contributed by atoms with Crippen LogP contribution in [0.1, 0.15) is 12.0 Å². The lowest BCUT2D eigenvalue weighted by Crippen LogP contribution is -2.29. The predicted molar refractivity (Wildman–Crippen MR) is 53.7 cm³/mol. The molecule has 1 aromatic carbocycles. The van der Waals surface area contributed by atoms with Gasteiger partial charge in [0.2, 0.25) is 0 Å². The summed E-state index contributed by atoms with van der Waals surface area (Å²) < 4.78 is 4.64. The van der Waals surface area contributed by atoms with Crippen LogP contribution in [0.2, 0.25) is 0 Å². The van der Waals surface area contributed by atoms with Gasteiger partial charge < -0.3 is 4.74 Å². The van der Waals surface area contributed by atoms with E-state index in [0.717, 1.165) is 6.42 Å². The molecule has 4 nitrogen and oxygen atoms in total. The second-order valence-corrected chi connectivity index (χ2v) is 3.51. The standard InChI is InChI=1S/C11H13NO3/c1-14-10(13)11(12-15-11)8-7-9-5-3-2-4-6-9/h2-6,12H,7-8H2,1H3. The number of carbonyl (C=O) groups is 1. The fraction of sp³-hybridized carbons (Fsp3) is 0.364. The first-order chi connectivity index (χ1) is 7.27. The third-order valence-electron chi connectivity index (χ3n) is 2.47. The first-order valence-corrected chi connectivity index (χ1v) is 4.84.